The zero-order valence-electron chi connectivity index (χ0n) is 10.7. The van der Waals surface area contributed by atoms with E-state index in [2.05, 4.69) is 55.4 Å². The molecule has 13 heavy (non-hydrogen) atoms. The predicted molar refractivity (Wildman–Crippen MR) is 61.9 cm³/mol. The van der Waals surface area contributed by atoms with Gasteiger partial charge in [-0.1, -0.05) is 52.7 Å². The normalized spacial score (nSPS) is 12.9. The second-order valence-electron chi connectivity index (χ2n) is 6.47. The van der Waals surface area contributed by atoms with Crippen molar-refractivity contribution in [1.82, 2.24) is 0 Å². The van der Waals surface area contributed by atoms with Crippen LogP contribution in [0.3, 0.4) is 0 Å². The summed E-state index contributed by atoms with van der Waals surface area (Å²) < 4.78 is 0. The molecule has 0 radical (unpaired) electrons. The largest absolute Gasteiger partial charge is 0.0767 e. The maximum Gasteiger partial charge on any atom is -0.0170 e. The van der Waals surface area contributed by atoms with Crippen LogP contribution in [0.2, 0.25) is 0 Å². The van der Waals surface area contributed by atoms with Crippen LogP contribution in [0.25, 0.3) is 0 Å². The lowest BCUT2D eigenvalue weighted by Crippen LogP contribution is -2.17. The first-order valence-corrected chi connectivity index (χ1v) is 5.21. The van der Waals surface area contributed by atoms with E-state index in [-0.39, 0.29) is 0 Å². The first-order valence-electron chi connectivity index (χ1n) is 5.21. The second-order valence-corrected chi connectivity index (χ2v) is 6.47. The van der Waals surface area contributed by atoms with Gasteiger partial charge in [0.15, 0.2) is 0 Å². The zero-order valence-corrected chi connectivity index (χ0v) is 10.7. The van der Waals surface area contributed by atoms with Gasteiger partial charge in [0, 0.05) is 0 Å². The molecule has 0 aromatic rings. The molecular formula is C13H26. The summed E-state index contributed by atoms with van der Waals surface area (Å²) in [5, 5.41) is 0. The van der Waals surface area contributed by atoms with Crippen LogP contribution in [-0.2, 0) is 0 Å². The summed E-state index contributed by atoms with van der Waals surface area (Å²) in [5.74, 6) is 0. The van der Waals surface area contributed by atoms with Gasteiger partial charge in [-0.05, 0) is 31.1 Å². The Morgan fingerprint density at radius 3 is 1.31 bits per heavy atom. The zero-order chi connectivity index (χ0) is 10.9. The number of rotatable bonds is 1. The van der Waals surface area contributed by atoms with Crippen molar-refractivity contribution >= 4 is 0 Å². The molecule has 0 aromatic heterocycles. The Hall–Kier alpha value is -0.260. The first kappa shape index (κ1) is 12.7. The molecule has 0 saturated heterocycles. The van der Waals surface area contributed by atoms with E-state index in [9.17, 15) is 0 Å². The Labute approximate surface area is 84.4 Å². The summed E-state index contributed by atoms with van der Waals surface area (Å²) in [6.07, 6.45) is 1.21. The van der Waals surface area contributed by atoms with Crippen LogP contribution in [0.5, 0.6) is 0 Å². The van der Waals surface area contributed by atoms with Crippen molar-refractivity contribution in [3.8, 4) is 0 Å². The van der Waals surface area contributed by atoms with E-state index in [1.807, 2.05) is 0 Å². The van der Waals surface area contributed by atoms with Gasteiger partial charge >= 0.3 is 0 Å². The molecule has 0 saturated carbocycles. The molecule has 0 N–H and O–H groups in total. The fourth-order valence-electron chi connectivity index (χ4n) is 1.72. The highest BCUT2D eigenvalue weighted by atomic mass is 14.3. The van der Waals surface area contributed by atoms with Crippen LogP contribution >= 0.6 is 0 Å². The summed E-state index contributed by atoms with van der Waals surface area (Å²) in [7, 11) is 0. The maximum absolute atomic E-state index is 2.31. The van der Waals surface area contributed by atoms with Crippen molar-refractivity contribution in [3.05, 3.63) is 11.1 Å². The van der Waals surface area contributed by atoms with Crippen LogP contribution in [-0.4, -0.2) is 0 Å². The van der Waals surface area contributed by atoms with Crippen LogP contribution in [0.15, 0.2) is 11.1 Å². The molecule has 0 heteroatoms. The highest BCUT2D eigenvalue weighted by Crippen LogP contribution is 2.37. The number of hydrogen-bond acceptors (Lipinski definition) is 0. The van der Waals surface area contributed by atoms with Crippen LogP contribution < -0.4 is 0 Å². The summed E-state index contributed by atoms with van der Waals surface area (Å²) in [6, 6.07) is 0. The minimum Gasteiger partial charge on any atom is -0.0767 e. The third kappa shape index (κ3) is 5.13. The summed E-state index contributed by atoms with van der Waals surface area (Å²) >= 11 is 0. The third-order valence-corrected chi connectivity index (χ3v) is 2.22. The lowest BCUT2D eigenvalue weighted by Gasteiger charge is -2.31. The standard InChI is InChI=1S/C13H26/c1-10(2)11(13(6,7)8)9-12(3,4)5/h9H2,1-8H3. The predicted octanol–water partition coefficient (Wildman–Crippen LogP) is 4.81. The molecule has 0 heterocycles. The highest BCUT2D eigenvalue weighted by Gasteiger charge is 2.23. The minimum absolute atomic E-state index is 0.326. The fraction of sp³-hybridized carbons (Fsp3) is 0.846. The smallest absolute Gasteiger partial charge is 0.0170 e. The number of hydrogen-bond donors (Lipinski definition) is 0. The SMILES string of the molecule is CC(C)=C(CC(C)(C)C)C(C)(C)C. The van der Waals surface area contributed by atoms with Crippen molar-refractivity contribution in [3.63, 3.8) is 0 Å². The van der Waals surface area contributed by atoms with Gasteiger partial charge in [0.25, 0.3) is 0 Å². The lowest BCUT2D eigenvalue weighted by molar-refractivity contribution is 0.356. The summed E-state index contributed by atoms with van der Waals surface area (Å²) in [5.41, 5.74) is 3.83. The molecule has 0 unspecified atom stereocenters. The van der Waals surface area contributed by atoms with E-state index in [0.29, 0.717) is 10.8 Å². The molecule has 0 nitrogen and oxygen atoms in total. The van der Waals surface area contributed by atoms with Crippen molar-refractivity contribution in [1.29, 1.82) is 0 Å². The summed E-state index contributed by atoms with van der Waals surface area (Å²) in [4.78, 5) is 0. The molecule has 0 fully saturated rings. The van der Waals surface area contributed by atoms with E-state index in [1.165, 1.54) is 12.0 Å². The molecule has 78 valence electrons. The Morgan fingerprint density at radius 1 is 0.846 bits per heavy atom. The lowest BCUT2D eigenvalue weighted by atomic mass is 9.75. The van der Waals surface area contributed by atoms with Gasteiger partial charge < -0.3 is 0 Å². The average molecular weight is 182 g/mol. The molecule has 0 rings (SSSR count). The van der Waals surface area contributed by atoms with Crippen molar-refractivity contribution in [2.24, 2.45) is 10.8 Å². The Morgan fingerprint density at radius 2 is 1.23 bits per heavy atom. The van der Waals surface area contributed by atoms with Gasteiger partial charge in [-0.15, -0.1) is 0 Å². The van der Waals surface area contributed by atoms with E-state index in [1.54, 1.807) is 5.57 Å². The van der Waals surface area contributed by atoms with Gasteiger partial charge in [-0.2, -0.15) is 0 Å². The molecular weight excluding hydrogens is 156 g/mol. The molecule has 0 aliphatic carbocycles. The average Bonchev–Trinajstić information content (AvgIpc) is 1.77. The van der Waals surface area contributed by atoms with E-state index in [0.717, 1.165) is 0 Å². The first-order chi connectivity index (χ1) is 5.54. The van der Waals surface area contributed by atoms with E-state index in [4.69, 9.17) is 0 Å². The molecule has 0 bridgehead atoms. The minimum atomic E-state index is 0.326. The molecule has 0 aliphatic heterocycles. The van der Waals surface area contributed by atoms with Crippen molar-refractivity contribution in [2.45, 2.75) is 61.8 Å². The Balaban J connectivity index is 4.80. The van der Waals surface area contributed by atoms with Crippen LogP contribution in [0.4, 0.5) is 0 Å². The van der Waals surface area contributed by atoms with Gasteiger partial charge in [0.2, 0.25) is 0 Å². The monoisotopic (exact) mass is 182 g/mol. The maximum atomic E-state index is 2.31. The fourth-order valence-corrected chi connectivity index (χ4v) is 1.72. The van der Waals surface area contributed by atoms with Gasteiger partial charge in [-0.3, -0.25) is 0 Å². The molecule has 0 aliphatic rings. The van der Waals surface area contributed by atoms with Crippen molar-refractivity contribution < 1.29 is 0 Å². The second kappa shape index (κ2) is 3.86. The Bertz CT molecular complexity index is 189. The molecule has 0 amide bonds. The number of allylic oxidation sites excluding steroid dienone is 2. The van der Waals surface area contributed by atoms with Gasteiger partial charge in [-0.25, -0.2) is 0 Å². The van der Waals surface area contributed by atoms with Gasteiger partial charge in [0.05, 0.1) is 0 Å². The molecule has 0 aromatic carbocycles. The van der Waals surface area contributed by atoms with Crippen LogP contribution in [0.1, 0.15) is 61.8 Å². The Kier molecular flexibility index (Phi) is 3.78. The quantitative estimate of drug-likeness (QED) is 0.511. The van der Waals surface area contributed by atoms with E-state index >= 15 is 0 Å². The summed E-state index contributed by atoms with van der Waals surface area (Å²) in [6.45, 7) is 18.3. The van der Waals surface area contributed by atoms with Gasteiger partial charge in [0.1, 0.15) is 0 Å². The van der Waals surface area contributed by atoms with Crippen molar-refractivity contribution in [2.75, 3.05) is 0 Å². The molecule has 0 spiro atoms. The highest BCUT2D eigenvalue weighted by molar-refractivity contribution is 5.18. The van der Waals surface area contributed by atoms with E-state index < -0.39 is 0 Å². The molecule has 0 atom stereocenters. The van der Waals surface area contributed by atoms with Crippen LogP contribution in [0, 0.1) is 10.8 Å². The topological polar surface area (TPSA) is 0 Å². The third-order valence-electron chi connectivity index (χ3n) is 2.22.